The van der Waals surface area contributed by atoms with Crippen molar-refractivity contribution in [2.45, 2.75) is 38.2 Å². The first kappa shape index (κ1) is 31.5. The summed E-state index contributed by atoms with van der Waals surface area (Å²) in [6.07, 6.45) is 0.241. The van der Waals surface area contributed by atoms with E-state index in [1.807, 2.05) is 35.8 Å². The summed E-state index contributed by atoms with van der Waals surface area (Å²) in [7, 11) is -5.84. The van der Waals surface area contributed by atoms with Gasteiger partial charge in [-0.1, -0.05) is 47.5 Å². The number of halogens is 8. The Morgan fingerprint density at radius 1 is 0.921 bits per heavy atom. The van der Waals surface area contributed by atoms with Gasteiger partial charge in [0.15, 0.2) is 0 Å². The van der Waals surface area contributed by atoms with Crippen LogP contribution in [0, 0.1) is 0 Å². The lowest BCUT2D eigenvalue weighted by atomic mass is 10.0. The number of aryl methyl sites for hydroxylation is 3. The fourth-order valence-electron chi connectivity index (χ4n) is 2.91. The first-order valence-electron chi connectivity index (χ1n) is 10.6. The summed E-state index contributed by atoms with van der Waals surface area (Å²) in [5, 5.41) is 1.45. The summed E-state index contributed by atoms with van der Waals surface area (Å²) in [6.45, 7) is 2.74. The minimum Gasteiger partial charge on any atom is -0.406 e. The zero-order chi connectivity index (χ0) is 28.7. The first-order chi connectivity index (χ1) is 17.5. The minimum absolute atomic E-state index is 0.229. The van der Waals surface area contributed by atoms with Crippen molar-refractivity contribution in [3.05, 3.63) is 87.5 Å². The monoisotopic (exact) mass is 604 g/mol. The van der Waals surface area contributed by atoms with Crippen LogP contribution in [0.4, 0.5) is 32.0 Å². The van der Waals surface area contributed by atoms with Crippen LogP contribution in [0.15, 0.2) is 65.9 Å². The molecule has 0 bridgehead atoms. The smallest absolute Gasteiger partial charge is 0.406 e. The average Bonchev–Trinajstić information content (AvgIpc) is 2.79. The van der Waals surface area contributed by atoms with E-state index in [0.717, 1.165) is 23.4 Å². The molecule has 38 heavy (non-hydrogen) atoms. The predicted molar refractivity (Wildman–Crippen MR) is 130 cm³/mol. The van der Waals surface area contributed by atoms with E-state index in [1.54, 1.807) is 24.5 Å². The highest BCUT2D eigenvalue weighted by Crippen LogP contribution is 2.24. The van der Waals surface area contributed by atoms with E-state index in [1.165, 1.54) is 12.1 Å². The van der Waals surface area contributed by atoms with Crippen molar-refractivity contribution in [2.24, 2.45) is 4.99 Å². The van der Waals surface area contributed by atoms with Crippen LogP contribution in [0.3, 0.4) is 0 Å². The predicted octanol–water partition coefficient (Wildman–Crippen LogP) is 7.13. The van der Waals surface area contributed by atoms with Crippen LogP contribution in [-0.2, 0) is 29.5 Å². The molecule has 0 saturated carbocycles. The lowest BCUT2D eigenvalue weighted by Crippen LogP contribution is -2.21. The molecule has 1 aromatic heterocycles. The molecule has 0 radical (unpaired) electrons. The Bertz CT molecular complexity index is 1380. The van der Waals surface area contributed by atoms with Gasteiger partial charge in [0.1, 0.15) is 11.1 Å². The zero-order valence-electron chi connectivity index (χ0n) is 19.4. The Balaban J connectivity index is 0.000000550. The van der Waals surface area contributed by atoms with E-state index in [0.29, 0.717) is 28.2 Å². The molecule has 3 rings (SSSR count). The number of hydrogen-bond acceptors (Lipinski definition) is 4. The van der Waals surface area contributed by atoms with Gasteiger partial charge in [0, 0.05) is 18.9 Å². The highest BCUT2D eigenvalue weighted by Gasteiger charge is 2.44. The molecular formula is C23H20Cl2F6N2O4S. The maximum Gasteiger partial charge on any atom is 0.573 e. The van der Waals surface area contributed by atoms with Crippen LogP contribution in [0.1, 0.15) is 18.1 Å². The van der Waals surface area contributed by atoms with Crippen molar-refractivity contribution in [2.75, 3.05) is 0 Å². The standard InChI is InChI=1S/C22H19Cl2F3N2O.CHF3O3S/c1-2-29-13-19(23)21(20(24)14-29)28-17-5-3-4-16(12-17)7-6-15-8-10-18(11-9-15)30-22(25,26)27;2-1(3,4)8(5,6)7/h3-5,8-14H,2,6-7H2,1H3;(H,5,6,7). The van der Waals surface area contributed by atoms with Gasteiger partial charge in [0.25, 0.3) is 0 Å². The summed E-state index contributed by atoms with van der Waals surface area (Å²) in [4.78, 5) is 4.58. The molecule has 0 spiro atoms. The highest BCUT2D eigenvalue weighted by molar-refractivity contribution is 7.86. The second-order valence-corrected chi connectivity index (χ2v) is 9.75. The molecular weight excluding hydrogens is 585 g/mol. The molecule has 0 saturated heterocycles. The van der Waals surface area contributed by atoms with E-state index in [9.17, 15) is 26.3 Å². The lowest BCUT2D eigenvalue weighted by molar-refractivity contribution is -0.274. The molecule has 0 amide bonds. The zero-order valence-corrected chi connectivity index (χ0v) is 21.7. The van der Waals surface area contributed by atoms with Crippen LogP contribution in [0.25, 0.3) is 0 Å². The molecule has 0 unspecified atom stereocenters. The number of benzene rings is 2. The van der Waals surface area contributed by atoms with E-state index < -0.39 is 22.0 Å². The van der Waals surface area contributed by atoms with Gasteiger partial charge in [-0.05, 0) is 55.2 Å². The van der Waals surface area contributed by atoms with Crippen molar-refractivity contribution in [1.82, 2.24) is 4.57 Å². The SMILES string of the molecule is CCn1cc(Cl)c(=Nc2cccc(CCc3ccc(OC(F)(F)F)cc3)c2)c(Cl)c1.O=S(=O)(O)C(F)(F)F. The largest absolute Gasteiger partial charge is 0.573 e. The quantitative estimate of drug-likeness (QED) is 0.184. The fourth-order valence-corrected chi connectivity index (χ4v) is 3.50. The number of aromatic nitrogens is 1. The van der Waals surface area contributed by atoms with E-state index in [-0.39, 0.29) is 5.75 Å². The van der Waals surface area contributed by atoms with E-state index in [2.05, 4.69) is 9.73 Å². The first-order valence-corrected chi connectivity index (χ1v) is 12.8. The van der Waals surface area contributed by atoms with Crippen LogP contribution in [-0.4, -0.2) is 29.4 Å². The lowest BCUT2D eigenvalue weighted by Gasteiger charge is -2.09. The van der Waals surface area contributed by atoms with Crippen molar-refractivity contribution in [3.8, 4) is 5.75 Å². The Hall–Kier alpha value is -2.74. The molecule has 0 atom stereocenters. The molecule has 0 aliphatic heterocycles. The summed E-state index contributed by atoms with van der Waals surface area (Å²) < 4.78 is 100. The minimum atomic E-state index is -5.84. The number of ether oxygens (including phenoxy) is 1. The van der Waals surface area contributed by atoms with Crippen molar-refractivity contribution in [1.29, 1.82) is 0 Å². The van der Waals surface area contributed by atoms with Crippen LogP contribution in [0.2, 0.25) is 10.0 Å². The summed E-state index contributed by atoms with van der Waals surface area (Å²) in [5.74, 6) is -0.229. The Morgan fingerprint density at radius 3 is 1.92 bits per heavy atom. The van der Waals surface area contributed by atoms with Crippen LogP contribution >= 0.6 is 23.2 Å². The number of hydrogen-bond donors (Lipinski definition) is 1. The van der Waals surface area contributed by atoms with E-state index >= 15 is 0 Å². The van der Waals surface area contributed by atoms with E-state index in [4.69, 9.17) is 36.2 Å². The van der Waals surface area contributed by atoms with Gasteiger partial charge in [-0.3, -0.25) is 4.55 Å². The van der Waals surface area contributed by atoms with Gasteiger partial charge in [0.2, 0.25) is 0 Å². The van der Waals surface area contributed by atoms with Gasteiger partial charge >= 0.3 is 22.0 Å². The Labute approximate surface area is 223 Å². The van der Waals surface area contributed by atoms with Gasteiger partial charge in [-0.25, -0.2) is 4.99 Å². The second-order valence-electron chi connectivity index (χ2n) is 7.53. The maximum absolute atomic E-state index is 12.2. The summed E-state index contributed by atoms with van der Waals surface area (Å²) >= 11 is 12.6. The molecule has 15 heteroatoms. The number of pyridine rings is 1. The molecule has 1 N–H and O–H groups in total. The normalized spacial score (nSPS) is 11.9. The molecule has 208 valence electrons. The fraction of sp³-hybridized carbons (Fsp3) is 0.261. The van der Waals surface area contributed by atoms with Crippen molar-refractivity contribution < 1.29 is 44.0 Å². The molecule has 0 fully saturated rings. The third kappa shape index (κ3) is 10.2. The van der Waals surface area contributed by atoms with Crippen molar-refractivity contribution >= 4 is 39.0 Å². The van der Waals surface area contributed by atoms with Gasteiger partial charge in [-0.15, -0.1) is 13.2 Å². The summed E-state index contributed by atoms with van der Waals surface area (Å²) in [5.41, 5.74) is -2.87. The van der Waals surface area contributed by atoms with Crippen LogP contribution in [0.5, 0.6) is 5.75 Å². The molecule has 6 nitrogen and oxygen atoms in total. The number of nitrogens with zero attached hydrogens (tertiary/aromatic N) is 2. The topological polar surface area (TPSA) is 80.9 Å². The number of rotatable bonds is 6. The Kier molecular flexibility index (Phi) is 10.7. The molecule has 0 aliphatic carbocycles. The Morgan fingerprint density at radius 2 is 1.45 bits per heavy atom. The molecule has 2 aromatic carbocycles. The summed E-state index contributed by atoms with van der Waals surface area (Å²) in [6, 6.07) is 13.6. The van der Waals surface area contributed by atoms with Gasteiger partial charge in [-0.2, -0.15) is 21.6 Å². The number of alkyl halides is 6. The van der Waals surface area contributed by atoms with Crippen molar-refractivity contribution in [3.63, 3.8) is 0 Å². The third-order valence-corrected chi connectivity index (χ3v) is 5.82. The van der Waals surface area contributed by atoms with Gasteiger partial charge in [0.05, 0.1) is 15.7 Å². The molecule has 1 heterocycles. The van der Waals surface area contributed by atoms with Gasteiger partial charge < -0.3 is 9.30 Å². The third-order valence-electron chi connectivity index (χ3n) is 4.68. The van der Waals surface area contributed by atoms with Crippen LogP contribution < -0.4 is 10.1 Å². The molecule has 3 aromatic rings. The maximum atomic E-state index is 12.2. The molecule has 0 aliphatic rings. The highest BCUT2D eigenvalue weighted by atomic mass is 35.5. The second kappa shape index (κ2) is 12.9. The average molecular weight is 605 g/mol.